The molecule has 3 aromatic rings. The van der Waals surface area contributed by atoms with Gasteiger partial charge in [0.05, 0.1) is 20.1 Å². The lowest BCUT2D eigenvalue weighted by Gasteiger charge is -2.38. The van der Waals surface area contributed by atoms with Crippen molar-refractivity contribution in [1.29, 1.82) is 0 Å². The lowest BCUT2D eigenvalue weighted by Crippen LogP contribution is -2.35. The van der Waals surface area contributed by atoms with Crippen molar-refractivity contribution < 1.29 is 29.6 Å². The minimum Gasteiger partial charge on any atom is -0.506 e. The second-order valence-electron chi connectivity index (χ2n) is 10.6. The molecule has 0 fully saturated rings. The number of carbonyl (C=O) groups excluding carboxylic acids is 1. The van der Waals surface area contributed by atoms with Crippen LogP contribution in [0.2, 0.25) is 0 Å². The number of halogens is 2. The van der Waals surface area contributed by atoms with Gasteiger partial charge in [-0.2, -0.15) is 0 Å². The molecular formula is C33H36Br2O6. The first-order valence-corrected chi connectivity index (χ1v) is 15.8. The van der Waals surface area contributed by atoms with Crippen LogP contribution in [-0.4, -0.2) is 27.3 Å². The molecule has 218 valence electrons. The number of aromatic hydroxyl groups is 2. The molecule has 0 spiro atoms. The number of hydrogen-bond acceptors (Lipinski definition) is 5. The Hall–Kier alpha value is -2.84. The summed E-state index contributed by atoms with van der Waals surface area (Å²) in [6.45, 7) is 8.20. The molecule has 0 radical (unpaired) electrons. The molecule has 41 heavy (non-hydrogen) atoms. The SMILES string of the molecule is CCCc1cc(Br)c(O)c(CCC)c1C1(c2c(CCC)cc(Br)c(O)c2CCC)OC(=O)c2cc(C(=O)O)ccc21. The predicted molar refractivity (Wildman–Crippen MR) is 166 cm³/mol. The largest absolute Gasteiger partial charge is 0.506 e. The fraction of sp³-hybridized carbons (Fsp3) is 0.394. The van der Waals surface area contributed by atoms with Gasteiger partial charge in [-0.1, -0.05) is 59.4 Å². The van der Waals surface area contributed by atoms with Gasteiger partial charge in [0.1, 0.15) is 11.5 Å². The monoisotopic (exact) mass is 686 g/mol. The number of fused-ring (bicyclic) bond motifs is 1. The zero-order valence-corrected chi connectivity index (χ0v) is 27.0. The van der Waals surface area contributed by atoms with Crippen LogP contribution in [0.4, 0.5) is 0 Å². The number of phenolic OH excluding ortho intramolecular Hbond substituents is 2. The Kier molecular flexibility index (Phi) is 9.54. The van der Waals surface area contributed by atoms with E-state index in [4.69, 9.17) is 4.74 Å². The normalized spacial score (nSPS) is 13.8. The molecule has 1 aliphatic rings. The summed E-state index contributed by atoms with van der Waals surface area (Å²) in [6.07, 6.45) is 5.42. The molecule has 3 aromatic carbocycles. The topological polar surface area (TPSA) is 104 Å². The standard InChI is InChI=1S/C33H36Br2O6/c1-5-9-18-16-25(34)29(36)21(11-7-3)27(18)33(24-14-13-20(31(38)39)15-23(24)32(40)41-33)28-19(10-6-2)17-26(35)30(37)22(28)12-8-4/h13-17,36-37H,5-12H2,1-4H3,(H,38,39). The van der Waals surface area contributed by atoms with E-state index in [9.17, 15) is 24.9 Å². The first-order valence-electron chi connectivity index (χ1n) is 14.3. The molecule has 6 nitrogen and oxygen atoms in total. The number of cyclic esters (lactones) is 1. The van der Waals surface area contributed by atoms with E-state index in [1.54, 1.807) is 6.07 Å². The van der Waals surface area contributed by atoms with E-state index in [0.29, 0.717) is 62.4 Å². The predicted octanol–water partition coefficient (Wildman–Crippen LogP) is 8.59. The van der Waals surface area contributed by atoms with Crippen LogP contribution in [0.1, 0.15) is 113 Å². The summed E-state index contributed by atoms with van der Waals surface area (Å²) in [4.78, 5) is 25.7. The van der Waals surface area contributed by atoms with Gasteiger partial charge in [0.25, 0.3) is 0 Å². The van der Waals surface area contributed by atoms with Crippen LogP contribution < -0.4 is 0 Å². The third-order valence-corrected chi connectivity index (χ3v) is 8.94. The maximum atomic E-state index is 13.8. The van der Waals surface area contributed by atoms with Gasteiger partial charge >= 0.3 is 11.9 Å². The average Bonchev–Trinajstić information content (AvgIpc) is 3.22. The number of phenols is 2. The molecule has 0 atom stereocenters. The maximum Gasteiger partial charge on any atom is 0.340 e. The molecule has 0 bridgehead atoms. The highest BCUT2D eigenvalue weighted by Gasteiger charge is 2.53. The molecule has 0 amide bonds. The van der Waals surface area contributed by atoms with E-state index in [1.165, 1.54) is 12.1 Å². The van der Waals surface area contributed by atoms with Gasteiger partial charge in [0, 0.05) is 27.8 Å². The van der Waals surface area contributed by atoms with Gasteiger partial charge in [0.15, 0.2) is 5.60 Å². The highest BCUT2D eigenvalue weighted by molar-refractivity contribution is 9.10. The quantitative estimate of drug-likeness (QED) is 0.175. The Labute approximate surface area is 258 Å². The summed E-state index contributed by atoms with van der Waals surface area (Å²) in [5, 5.41) is 32.7. The molecule has 8 heteroatoms. The molecule has 0 saturated heterocycles. The highest BCUT2D eigenvalue weighted by atomic mass is 79.9. The zero-order valence-electron chi connectivity index (χ0n) is 23.9. The van der Waals surface area contributed by atoms with Gasteiger partial charge in [0.2, 0.25) is 0 Å². The van der Waals surface area contributed by atoms with Gasteiger partial charge in [-0.15, -0.1) is 0 Å². The number of ether oxygens (including phenoxy) is 1. The van der Waals surface area contributed by atoms with Crippen LogP contribution in [0, 0.1) is 0 Å². The number of carbonyl (C=O) groups is 2. The van der Waals surface area contributed by atoms with Crippen molar-refractivity contribution in [3.63, 3.8) is 0 Å². The van der Waals surface area contributed by atoms with Crippen molar-refractivity contribution >= 4 is 43.8 Å². The summed E-state index contributed by atoms with van der Waals surface area (Å²) >= 11 is 7.11. The van der Waals surface area contributed by atoms with E-state index >= 15 is 0 Å². The molecule has 0 aromatic heterocycles. The number of hydrogen-bond donors (Lipinski definition) is 3. The minimum absolute atomic E-state index is 0.0149. The highest BCUT2D eigenvalue weighted by Crippen LogP contribution is 2.55. The first kappa shape index (κ1) is 31.1. The lowest BCUT2D eigenvalue weighted by atomic mass is 9.70. The number of carboxylic acids is 1. The van der Waals surface area contributed by atoms with Crippen LogP contribution in [0.15, 0.2) is 39.3 Å². The molecule has 0 aliphatic carbocycles. The van der Waals surface area contributed by atoms with Gasteiger partial charge < -0.3 is 20.1 Å². The summed E-state index contributed by atoms with van der Waals surface area (Å²) in [5.74, 6) is -1.61. The van der Waals surface area contributed by atoms with E-state index in [1.807, 2.05) is 26.0 Å². The number of aromatic carboxylic acids is 1. The van der Waals surface area contributed by atoms with Crippen molar-refractivity contribution in [1.82, 2.24) is 0 Å². The van der Waals surface area contributed by atoms with E-state index in [2.05, 4.69) is 45.7 Å². The van der Waals surface area contributed by atoms with Crippen molar-refractivity contribution in [2.45, 2.75) is 84.7 Å². The second-order valence-corrected chi connectivity index (χ2v) is 12.3. The Bertz CT molecular complexity index is 1440. The average molecular weight is 688 g/mol. The Morgan fingerprint density at radius 3 is 1.66 bits per heavy atom. The molecule has 0 saturated carbocycles. The Morgan fingerprint density at radius 1 is 0.780 bits per heavy atom. The molecule has 1 aliphatic heterocycles. The van der Waals surface area contributed by atoms with Crippen molar-refractivity contribution in [2.75, 3.05) is 0 Å². The van der Waals surface area contributed by atoms with E-state index in [-0.39, 0.29) is 22.6 Å². The maximum absolute atomic E-state index is 13.8. The third kappa shape index (κ3) is 5.29. The summed E-state index contributed by atoms with van der Waals surface area (Å²) in [5.41, 5.74) is 3.70. The fourth-order valence-electron chi connectivity index (χ4n) is 6.20. The van der Waals surface area contributed by atoms with Crippen LogP contribution in [0.25, 0.3) is 0 Å². The van der Waals surface area contributed by atoms with Crippen LogP contribution in [-0.2, 0) is 36.0 Å². The molecular weight excluding hydrogens is 652 g/mol. The second kappa shape index (κ2) is 12.6. The Balaban J connectivity index is 2.32. The molecule has 0 unspecified atom stereocenters. The Morgan fingerprint density at radius 2 is 1.24 bits per heavy atom. The summed E-state index contributed by atoms with van der Waals surface area (Å²) < 4.78 is 7.71. The summed E-state index contributed by atoms with van der Waals surface area (Å²) in [7, 11) is 0. The van der Waals surface area contributed by atoms with E-state index in [0.717, 1.165) is 36.8 Å². The third-order valence-electron chi connectivity index (χ3n) is 7.73. The summed E-state index contributed by atoms with van der Waals surface area (Å²) in [6, 6.07) is 8.32. The van der Waals surface area contributed by atoms with Crippen LogP contribution in [0.5, 0.6) is 11.5 Å². The number of carboxylic acid groups (broad SMARTS) is 1. The molecule has 1 heterocycles. The van der Waals surface area contributed by atoms with Gasteiger partial charge in [-0.3, -0.25) is 0 Å². The van der Waals surface area contributed by atoms with Crippen molar-refractivity contribution in [3.8, 4) is 11.5 Å². The fourth-order valence-corrected chi connectivity index (χ4v) is 7.23. The minimum atomic E-state index is -1.51. The van der Waals surface area contributed by atoms with Crippen LogP contribution in [0.3, 0.4) is 0 Å². The number of rotatable bonds is 11. The molecule has 3 N–H and O–H groups in total. The van der Waals surface area contributed by atoms with Crippen molar-refractivity contribution in [3.05, 3.63) is 89.3 Å². The zero-order chi connectivity index (χ0) is 30.1. The molecule has 4 rings (SSSR count). The van der Waals surface area contributed by atoms with Gasteiger partial charge in [-0.05, 0) is 92.9 Å². The number of esters is 1. The number of aryl methyl sites for hydroxylation is 2. The first-order chi connectivity index (χ1) is 19.6. The van der Waals surface area contributed by atoms with Crippen LogP contribution >= 0.6 is 31.9 Å². The lowest BCUT2D eigenvalue weighted by molar-refractivity contribution is 0.0239. The smallest absolute Gasteiger partial charge is 0.340 e. The van der Waals surface area contributed by atoms with Gasteiger partial charge in [-0.25, -0.2) is 9.59 Å². The number of benzene rings is 3. The van der Waals surface area contributed by atoms with E-state index < -0.39 is 17.5 Å². The van der Waals surface area contributed by atoms with Crippen molar-refractivity contribution in [2.24, 2.45) is 0 Å².